The molecule has 0 radical (unpaired) electrons. The van der Waals surface area contributed by atoms with E-state index in [9.17, 15) is 26.3 Å². The number of halogens is 6. The van der Waals surface area contributed by atoms with Crippen LogP contribution < -0.4 is 0 Å². The van der Waals surface area contributed by atoms with Gasteiger partial charge < -0.3 is 4.52 Å². The van der Waals surface area contributed by atoms with Crippen LogP contribution in [0.3, 0.4) is 0 Å². The Morgan fingerprint density at radius 1 is 1.08 bits per heavy atom. The summed E-state index contributed by atoms with van der Waals surface area (Å²) < 4.78 is 73.8. The zero-order valence-corrected chi connectivity index (χ0v) is 7.01. The Bertz CT molecular complexity index is 159. The van der Waals surface area contributed by atoms with E-state index in [-0.39, 0.29) is 0 Å². The lowest BCUT2D eigenvalue weighted by atomic mass is 10.7. The molecular formula is C5H5F6OP. The molecule has 0 bridgehead atoms. The molecule has 0 atom stereocenters. The molecule has 0 unspecified atom stereocenters. The van der Waals surface area contributed by atoms with Crippen LogP contribution in [0.4, 0.5) is 26.3 Å². The second-order valence-electron chi connectivity index (χ2n) is 1.81. The van der Waals surface area contributed by atoms with E-state index in [0.29, 0.717) is 0 Å². The molecule has 0 N–H and O–H groups in total. The maximum Gasteiger partial charge on any atom is 0.439 e. The van der Waals surface area contributed by atoms with Gasteiger partial charge in [0.2, 0.25) is 0 Å². The minimum Gasteiger partial charge on any atom is -0.340 e. The topological polar surface area (TPSA) is 9.23 Å². The van der Waals surface area contributed by atoms with Crippen LogP contribution in [0.1, 0.15) is 0 Å². The van der Waals surface area contributed by atoms with Crippen LogP contribution in [0.5, 0.6) is 0 Å². The molecule has 0 aliphatic heterocycles. The molecule has 0 saturated carbocycles. The summed E-state index contributed by atoms with van der Waals surface area (Å²) in [5, 5.41) is 0. The third kappa shape index (κ3) is 4.47. The van der Waals surface area contributed by atoms with Crippen molar-refractivity contribution in [3.8, 4) is 0 Å². The molecule has 0 aromatic rings. The van der Waals surface area contributed by atoms with Crippen molar-refractivity contribution in [2.24, 2.45) is 0 Å². The van der Waals surface area contributed by atoms with E-state index in [2.05, 4.69) is 11.1 Å². The largest absolute Gasteiger partial charge is 0.439 e. The highest BCUT2D eigenvalue weighted by Gasteiger charge is 2.58. The minimum atomic E-state index is -5.38. The van der Waals surface area contributed by atoms with Crippen molar-refractivity contribution in [3.05, 3.63) is 12.7 Å². The summed E-state index contributed by atoms with van der Waals surface area (Å²) in [6, 6.07) is 0. The fourth-order valence-electron chi connectivity index (χ4n) is 0.417. The molecular weight excluding hydrogens is 221 g/mol. The van der Waals surface area contributed by atoms with Crippen molar-refractivity contribution < 1.29 is 30.9 Å². The first kappa shape index (κ1) is 12.7. The average molecular weight is 226 g/mol. The average Bonchev–Trinajstić information content (AvgIpc) is 1.81. The van der Waals surface area contributed by atoms with Gasteiger partial charge in [0.1, 0.15) is 0 Å². The molecule has 0 aromatic heterocycles. The van der Waals surface area contributed by atoms with E-state index >= 15 is 0 Å². The van der Waals surface area contributed by atoms with Crippen molar-refractivity contribution in [1.29, 1.82) is 0 Å². The highest BCUT2D eigenvalue weighted by Crippen LogP contribution is 2.64. The summed E-state index contributed by atoms with van der Waals surface area (Å²) in [6.07, 6.45) is 0.826. The van der Waals surface area contributed by atoms with Gasteiger partial charge in [-0.15, -0.1) is 6.58 Å². The number of alkyl halides is 6. The molecule has 0 aliphatic rings. The zero-order chi connectivity index (χ0) is 10.7. The third-order valence-corrected chi connectivity index (χ3v) is 2.11. The Kier molecular flexibility index (Phi) is 4.19. The van der Waals surface area contributed by atoms with Gasteiger partial charge in [0.25, 0.3) is 8.15 Å². The quantitative estimate of drug-likeness (QED) is 0.405. The smallest absolute Gasteiger partial charge is 0.340 e. The van der Waals surface area contributed by atoms with Crippen LogP contribution in [0.15, 0.2) is 12.7 Å². The normalized spacial score (nSPS) is 13.5. The third-order valence-electron chi connectivity index (χ3n) is 0.782. The van der Waals surface area contributed by atoms with Crippen molar-refractivity contribution >= 4 is 8.15 Å². The van der Waals surface area contributed by atoms with Gasteiger partial charge in [-0.3, -0.25) is 0 Å². The standard InChI is InChI=1S/C5H5F6OP/c1-2-3-12-13(4(6,7)8)5(9,10)11/h2H,1,3H2. The Hall–Kier alpha value is -0.290. The summed E-state index contributed by atoms with van der Waals surface area (Å²) in [4.78, 5) is 0. The predicted octanol–water partition coefficient (Wildman–Crippen LogP) is 3.63. The number of rotatable bonds is 3. The Morgan fingerprint density at radius 3 is 1.69 bits per heavy atom. The van der Waals surface area contributed by atoms with E-state index in [4.69, 9.17) is 0 Å². The molecule has 0 saturated heterocycles. The van der Waals surface area contributed by atoms with Gasteiger partial charge in [0, 0.05) is 0 Å². The number of hydrogen-bond acceptors (Lipinski definition) is 1. The Labute approximate surface area is 71.2 Å². The first-order chi connectivity index (χ1) is 5.69. The molecule has 0 rings (SSSR count). The molecule has 0 spiro atoms. The molecule has 0 aromatic carbocycles. The van der Waals surface area contributed by atoms with Crippen LogP contribution in [-0.4, -0.2) is 18.4 Å². The van der Waals surface area contributed by atoms with Crippen LogP contribution >= 0.6 is 8.15 Å². The fourth-order valence-corrected chi connectivity index (χ4v) is 1.25. The maximum atomic E-state index is 11.7. The van der Waals surface area contributed by atoms with Gasteiger partial charge in [0.05, 0.1) is 6.61 Å². The lowest BCUT2D eigenvalue weighted by Crippen LogP contribution is -2.19. The van der Waals surface area contributed by atoms with Crippen LogP contribution in [0.25, 0.3) is 0 Å². The fraction of sp³-hybridized carbons (Fsp3) is 0.600. The maximum absolute atomic E-state index is 11.7. The minimum absolute atomic E-state index is 0.773. The lowest BCUT2D eigenvalue weighted by molar-refractivity contribution is -0.0976. The molecule has 0 aliphatic carbocycles. The van der Waals surface area contributed by atoms with E-state index in [1.165, 1.54) is 0 Å². The van der Waals surface area contributed by atoms with Gasteiger partial charge in [-0.2, -0.15) is 26.3 Å². The van der Waals surface area contributed by atoms with Gasteiger partial charge in [-0.1, -0.05) is 6.08 Å². The molecule has 13 heavy (non-hydrogen) atoms. The van der Waals surface area contributed by atoms with Crippen LogP contribution in [-0.2, 0) is 4.52 Å². The lowest BCUT2D eigenvalue weighted by Gasteiger charge is -2.21. The van der Waals surface area contributed by atoms with Crippen LogP contribution in [0.2, 0.25) is 0 Å². The highest BCUT2D eigenvalue weighted by atomic mass is 31.1. The highest BCUT2D eigenvalue weighted by molar-refractivity contribution is 7.54. The van der Waals surface area contributed by atoms with Crippen molar-refractivity contribution in [2.75, 3.05) is 6.61 Å². The predicted molar refractivity (Wildman–Crippen MR) is 35.2 cm³/mol. The van der Waals surface area contributed by atoms with E-state index < -0.39 is 26.6 Å². The molecule has 0 amide bonds. The van der Waals surface area contributed by atoms with Gasteiger partial charge >= 0.3 is 11.8 Å². The summed E-state index contributed by atoms with van der Waals surface area (Å²) in [6.45, 7) is 2.17. The SMILES string of the molecule is C=CCOP(C(F)(F)F)C(F)(F)F. The molecule has 1 nitrogen and oxygen atoms in total. The monoisotopic (exact) mass is 226 g/mol. The Morgan fingerprint density at radius 2 is 1.46 bits per heavy atom. The van der Waals surface area contributed by atoms with Gasteiger partial charge in [-0.25, -0.2) is 0 Å². The van der Waals surface area contributed by atoms with Gasteiger partial charge in [-0.05, 0) is 0 Å². The van der Waals surface area contributed by atoms with Gasteiger partial charge in [0.15, 0.2) is 0 Å². The van der Waals surface area contributed by atoms with E-state index in [1.54, 1.807) is 0 Å². The molecule has 8 heteroatoms. The second kappa shape index (κ2) is 4.28. The van der Waals surface area contributed by atoms with E-state index in [0.717, 1.165) is 6.08 Å². The number of hydrogen-bond donors (Lipinski definition) is 0. The van der Waals surface area contributed by atoms with Crippen molar-refractivity contribution in [2.45, 2.75) is 11.8 Å². The second-order valence-corrected chi connectivity index (χ2v) is 3.68. The van der Waals surface area contributed by atoms with Crippen LogP contribution in [0, 0.1) is 0 Å². The summed E-state index contributed by atoms with van der Waals surface area (Å²) in [7, 11) is -4.42. The van der Waals surface area contributed by atoms with E-state index in [1.807, 2.05) is 0 Å². The molecule has 0 heterocycles. The summed E-state index contributed by atoms with van der Waals surface area (Å²) in [5.74, 6) is -10.8. The summed E-state index contributed by atoms with van der Waals surface area (Å²) in [5.41, 5.74) is 0. The van der Waals surface area contributed by atoms with Crippen molar-refractivity contribution in [3.63, 3.8) is 0 Å². The first-order valence-corrected chi connectivity index (χ1v) is 4.13. The Balaban J connectivity index is 4.47. The first-order valence-electron chi connectivity index (χ1n) is 2.87. The van der Waals surface area contributed by atoms with Crippen molar-refractivity contribution in [1.82, 2.24) is 0 Å². The molecule has 0 fully saturated rings. The summed E-state index contributed by atoms with van der Waals surface area (Å²) >= 11 is 0. The molecule has 78 valence electrons. The zero-order valence-electron chi connectivity index (χ0n) is 6.11.